The number of hydrogen-bond acceptors (Lipinski definition) is 5. The van der Waals surface area contributed by atoms with Crippen LogP contribution in [0.25, 0.3) is 33.5 Å². The van der Waals surface area contributed by atoms with Gasteiger partial charge in [-0.2, -0.15) is 0 Å². The zero-order valence-corrected chi connectivity index (χ0v) is 19.4. The first-order chi connectivity index (χ1) is 16.6. The average molecular weight is 460 g/mol. The molecule has 2 aromatic heterocycles. The second-order valence-electron chi connectivity index (χ2n) is 9.16. The minimum atomic E-state index is -0.00668. The smallest absolute Gasteiger partial charge is 0.254 e. The van der Waals surface area contributed by atoms with E-state index in [9.17, 15) is 4.79 Å². The number of hydrogen-bond donors (Lipinski definition) is 1. The number of imidazole rings is 1. The summed E-state index contributed by atoms with van der Waals surface area (Å²) in [6, 6.07) is 14.3. The zero-order valence-electron chi connectivity index (χ0n) is 19.4. The van der Waals surface area contributed by atoms with E-state index in [-0.39, 0.29) is 11.9 Å². The lowest BCUT2D eigenvalue weighted by molar-refractivity contribution is 0.0708. The second kappa shape index (κ2) is 8.45. The van der Waals surface area contributed by atoms with Crippen LogP contribution in [-0.2, 0) is 17.8 Å². The summed E-state index contributed by atoms with van der Waals surface area (Å²) in [5, 5.41) is 1.16. The van der Waals surface area contributed by atoms with Gasteiger partial charge in [0.15, 0.2) is 5.82 Å². The van der Waals surface area contributed by atoms with Gasteiger partial charge >= 0.3 is 0 Å². The molecule has 8 heteroatoms. The summed E-state index contributed by atoms with van der Waals surface area (Å²) in [5.41, 5.74) is 10.6. The van der Waals surface area contributed by atoms with Gasteiger partial charge in [-0.15, -0.1) is 0 Å². The number of fused-ring (bicyclic) bond motifs is 1. The molecule has 0 unspecified atom stereocenters. The maximum atomic E-state index is 13.3. The van der Waals surface area contributed by atoms with E-state index in [1.54, 1.807) is 7.11 Å². The Balaban J connectivity index is 1.48. The standard InChI is InChI=1S/C26H29N5O3/c1-33-11-9-30-21-7-3-2-5-17(21)14-22(30)25-28-20-13-18(15-23-24(20)31(25)10-12-34-23)26(32)29-8-4-6-19(27)16-29/h2-3,5,7,13-15,19H,4,6,8-12,16,27H2,1H3/t19-/m1/s1. The lowest BCUT2D eigenvalue weighted by atomic mass is 10.0. The van der Waals surface area contributed by atoms with Crippen molar-refractivity contribution in [2.75, 3.05) is 33.4 Å². The van der Waals surface area contributed by atoms with Crippen molar-refractivity contribution in [2.24, 2.45) is 5.73 Å². The van der Waals surface area contributed by atoms with Crippen LogP contribution in [0.3, 0.4) is 0 Å². The van der Waals surface area contributed by atoms with Crippen LogP contribution in [0.2, 0.25) is 0 Å². The molecule has 2 aliphatic rings. The van der Waals surface area contributed by atoms with Crippen LogP contribution in [0.5, 0.6) is 5.75 Å². The lowest BCUT2D eigenvalue weighted by Crippen LogP contribution is -2.45. The van der Waals surface area contributed by atoms with Gasteiger partial charge in [0.2, 0.25) is 0 Å². The number of rotatable bonds is 5. The van der Waals surface area contributed by atoms with Crippen molar-refractivity contribution in [3.8, 4) is 17.3 Å². The van der Waals surface area contributed by atoms with Crippen molar-refractivity contribution in [3.63, 3.8) is 0 Å². The van der Waals surface area contributed by atoms with E-state index < -0.39 is 0 Å². The summed E-state index contributed by atoms with van der Waals surface area (Å²) in [6.45, 7) is 3.91. The van der Waals surface area contributed by atoms with Gasteiger partial charge in [0.25, 0.3) is 5.91 Å². The Bertz CT molecular complexity index is 1390. The fourth-order valence-corrected chi connectivity index (χ4v) is 5.32. The molecule has 1 saturated heterocycles. The molecule has 0 spiro atoms. The van der Waals surface area contributed by atoms with Gasteiger partial charge in [0.05, 0.1) is 24.4 Å². The number of para-hydroxylation sites is 1. The number of ether oxygens (including phenoxy) is 2. The summed E-state index contributed by atoms with van der Waals surface area (Å²) in [5.74, 6) is 1.59. The number of nitrogens with zero attached hydrogens (tertiary/aromatic N) is 4. The number of aromatic nitrogens is 3. The largest absolute Gasteiger partial charge is 0.489 e. The Morgan fingerprint density at radius 2 is 2.12 bits per heavy atom. The van der Waals surface area contributed by atoms with Gasteiger partial charge in [0, 0.05) is 49.3 Å². The van der Waals surface area contributed by atoms with E-state index in [0.29, 0.717) is 37.6 Å². The fourth-order valence-electron chi connectivity index (χ4n) is 5.32. The van der Waals surface area contributed by atoms with Crippen molar-refractivity contribution in [3.05, 3.63) is 48.0 Å². The molecule has 1 fully saturated rings. The number of amides is 1. The SMILES string of the molecule is COCCn1c(-c2nc3cc(C(=O)N4CCC[C@@H](N)C4)cc4c3n2CCO4)cc2ccccc21. The van der Waals surface area contributed by atoms with Crippen molar-refractivity contribution < 1.29 is 14.3 Å². The first kappa shape index (κ1) is 21.2. The zero-order chi connectivity index (χ0) is 23.2. The number of piperidine rings is 1. The van der Waals surface area contributed by atoms with E-state index >= 15 is 0 Å². The normalized spacial score (nSPS) is 17.9. The highest BCUT2D eigenvalue weighted by atomic mass is 16.5. The second-order valence-corrected chi connectivity index (χ2v) is 9.16. The third-order valence-electron chi connectivity index (χ3n) is 6.93. The average Bonchev–Trinajstić information content (AvgIpc) is 3.41. The Morgan fingerprint density at radius 1 is 1.24 bits per heavy atom. The van der Waals surface area contributed by atoms with Crippen LogP contribution in [-0.4, -0.2) is 64.4 Å². The highest BCUT2D eigenvalue weighted by Crippen LogP contribution is 2.37. The van der Waals surface area contributed by atoms with Crippen molar-refractivity contribution in [1.29, 1.82) is 0 Å². The molecule has 1 amide bonds. The molecule has 34 heavy (non-hydrogen) atoms. The fraction of sp³-hybridized carbons (Fsp3) is 0.385. The number of benzene rings is 2. The van der Waals surface area contributed by atoms with E-state index in [2.05, 4.69) is 39.5 Å². The first-order valence-electron chi connectivity index (χ1n) is 11.9. The Labute approximate surface area is 197 Å². The summed E-state index contributed by atoms with van der Waals surface area (Å²) in [6.07, 6.45) is 1.89. The molecule has 2 N–H and O–H groups in total. The maximum absolute atomic E-state index is 13.3. The summed E-state index contributed by atoms with van der Waals surface area (Å²) in [7, 11) is 1.72. The molecule has 8 nitrogen and oxygen atoms in total. The van der Waals surface area contributed by atoms with E-state index in [4.69, 9.17) is 20.2 Å². The predicted molar refractivity (Wildman–Crippen MR) is 131 cm³/mol. The molecule has 4 heterocycles. The number of nitrogens with two attached hydrogens (primary N) is 1. The maximum Gasteiger partial charge on any atom is 0.254 e. The highest BCUT2D eigenvalue weighted by Gasteiger charge is 2.27. The van der Waals surface area contributed by atoms with Crippen LogP contribution in [0.1, 0.15) is 23.2 Å². The van der Waals surface area contributed by atoms with Crippen LogP contribution in [0.4, 0.5) is 0 Å². The first-order valence-corrected chi connectivity index (χ1v) is 11.9. The van der Waals surface area contributed by atoms with Crippen LogP contribution < -0.4 is 10.5 Å². The van der Waals surface area contributed by atoms with Crippen LogP contribution >= 0.6 is 0 Å². The predicted octanol–water partition coefficient (Wildman–Crippen LogP) is 3.26. The van der Waals surface area contributed by atoms with Gasteiger partial charge in [0.1, 0.15) is 17.9 Å². The molecule has 0 bridgehead atoms. The molecule has 2 aromatic carbocycles. The number of likely N-dealkylation sites (tertiary alicyclic amines) is 1. The highest BCUT2D eigenvalue weighted by molar-refractivity contribution is 6.00. The molecule has 0 radical (unpaired) electrons. The Morgan fingerprint density at radius 3 is 2.97 bits per heavy atom. The quantitative estimate of drug-likeness (QED) is 0.495. The Kier molecular flexibility index (Phi) is 5.27. The molecule has 2 aliphatic heterocycles. The van der Waals surface area contributed by atoms with Crippen LogP contribution in [0, 0.1) is 0 Å². The van der Waals surface area contributed by atoms with Gasteiger partial charge in [-0.3, -0.25) is 4.79 Å². The summed E-state index contributed by atoms with van der Waals surface area (Å²) in [4.78, 5) is 20.2. The number of methoxy groups -OCH3 is 1. The molecular weight excluding hydrogens is 430 g/mol. The monoisotopic (exact) mass is 459 g/mol. The molecule has 0 saturated carbocycles. The van der Waals surface area contributed by atoms with E-state index in [1.165, 1.54) is 0 Å². The lowest BCUT2D eigenvalue weighted by Gasteiger charge is -2.31. The van der Waals surface area contributed by atoms with Crippen molar-refractivity contribution in [1.82, 2.24) is 19.0 Å². The topological polar surface area (TPSA) is 87.5 Å². The minimum absolute atomic E-state index is 0.00668. The van der Waals surface area contributed by atoms with Gasteiger partial charge < -0.3 is 29.2 Å². The van der Waals surface area contributed by atoms with E-state index in [0.717, 1.165) is 59.4 Å². The van der Waals surface area contributed by atoms with Crippen molar-refractivity contribution in [2.45, 2.75) is 32.0 Å². The third-order valence-corrected chi connectivity index (χ3v) is 6.93. The van der Waals surface area contributed by atoms with Crippen molar-refractivity contribution >= 4 is 27.8 Å². The number of carbonyl (C=O) groups is 1. The third kappa shape index (κ3) is 3.45. The van der Waals surface area contributed by atoms with Gasteiger partial charge in [-0.05, 0) is 37.1 Å². The summed E-state index contributed by atoms with van der Waals surface area (Å²) >= 11 is 0. The van der Waals surface area contributed by atoms with E-state index in [1.807, 2.05) is 17.0 Å². The minimum Gasteiger partial charge on any atom is -0.489 e. The van der Waals surface area contributed by atoms with Crippen LogP contribution in [0.15, 0.2) is 42.5 Å². The van der Waals surface area contributed by atoms with Gasteiger partial charge in [-0.25, -0.2) is 4.98 Å². The number of carbonyl (C=O) groups excluding carboxylic acids is 1. The summed E-state index contributed by atoms with van der Waals surface area (Å²) < 4.78 is 15.9. The molecule has 6 rings (SSSR count). The van der Waals surface area contributed by atoms with Gasteiger partial charge in [-0.1, -0.05) is 18.2 Å². The molecular formula is C26H29N5O3. The Hall–Kier alpha value is -3.36. The molecule has 176 valence electrons. The molecule has 4 aromatic rings. The molecule has 1 atom stereocenters. The molecule has 0 aliphatic carbocycles.